The lowest BCUT2D eigenvalue weighted by Crippen LogP contribution is -2.19. The Bertz CT molecular complexity index is 1090. The van der Waals surface area contributed by atoms with Crippen LogP contribution in [0.4, 0.5) is 13.2 Å². The number of hydrogen-bond acceptors (Lipinski definition) is 6. The maximum atomic E-state index is 13.3. The molecule has 2 aromatic rings. The molecule has 1 aliphatic heterocycles. The van der Waals surface area contributed by atoms with E-state index in [9.17, 15) is 26.4 Å². The molecule has 6 nitrogen and oxygen atoms in total. The SMILES string of the molecule is [2H][C@]1(c2ccccc2C(F)(F)F)OC(N)=C(OS(=O)(=O)Cc2ccccc2)C1=O. The van der Waals surface area contributed by atoms with Crippen LogP contribution in [0.5, 0.6) is 0 Å². The first-order valence-corrected chi connectivity index (χ1v) is 9.38. The molecule has 0 aromatic heterocycles. The van der Waals surface area contributed by atoms with E-state index in [1.54, 1.807) is 18.2 Å². The summed E-state index contributed by atoms with van der Waals surface area (Å²) in [4.78, 5) is 12.6. The van der Waals surface area contributed by atoms with Gasteiger partial charge in [0, 0.05) is 5.56 Å². The summed E-state index contributed by atoms with van der Waals surface area (Å²) in [5.41, 5.74) is 3.71. The van der Waals surface area contributed by atoms with E-state index in [-0.39, 0.29) is 0 Å². The van der Waals surface area contributed by atoms with Gasteiger partial charge in [0.1, 0.15) is 5.75 Å². The van der Waals surface area contributed by atoms with Gasteiger partial charge in [-0.25, -0.2) is 0 Å². The summed E-state index contributed by atoms with van der Waals surface area (Å²) in [7, 11) is -4.40. The van der Waals surface area contributed by atoms with Crippen LogP contribution in [0.25, 0.3) is 0 Å². The topological polar surface area (TPSA) is 95.7 Å². The van der Waals surface area contributed by atoms with E-state index in [1.165, 1.54) is 18.2 Å². The summed E-state index contributed by atoms with van der Waals surface area (Å²) < 4.78 is 82.1. The van der Waals surface area contributed by atoms with Crippen LogP contribution in [-0.4, -0.2) is 14.2 Å². The molecule has 28 heavy (non-hydrogen) atoms. The zero-order valence-electron chi connectivity index (χ0n) is 15.1. The van der Waals surface area contributed by atoms with E-state index in [2.05, 4.69) is 0 Å². The molecule has 0 fully saturated rings. The maximum absolute atomic E-state index is 13.3. The number of nitrogens with two attached hydrogens (primary N) is 1. The Morgan fingerprint density at radius 2 is 1.71 bits per heavy atom. The molecule has 1 atom stereocenters. The van der Waals surface area contributed by atoms with E-state index in [0.29, 0.717) is 11.6 Å². The quantitative estimate of drug-likeness (QED) is 0.756. The fraction of sp³-hybridized carbons (Fsp3) is 0.167. The van der Waals surface area contributed by atoms with Gasteiger partial charge < -0.3 is 14.7 Å². The highest BCUT2D eigenvalue weighted by Gasteiger charge is 2.44. The van der Waals surface area contributed by atoms with Crippen LogP contribution < -0.4 is 5.73 Å². The molecule has 3 rings (SSSR count). The smallest absolute Gasteiger partial charge is 0.416 e. The second-order valence-corrected chi connectivity index (χ2v) is 7.34. The predicted molar refractivity (Wildman–Crippen MR) is 91.6 cm³/mol. The molecule has 10 heteroatoms. The van der Waals surface area contributed by atoms with Crippen LogP contribution in [0.3, 0.4) is 0 Å². The Morgan fingerprint density at radius 3 is 2.36 bits per heavy atom. The molecule has 2 N–H and O–H groups in total. The Hall–Kier alpha value is -3.01. The monoisotopic (exact) mass is 414 g/mol. The highest BCUT2D eigenvalue weighted by molar-refractivity contribution is 7.86. The number of Topliss-reactive ketones (excluding diaryl/α,β-unsaturated/α-hetero) is 1. The zero-order chi connectivity index (χ0) is 21.4. The van der Waals surface area contributed by atoms with E-state index in [0.717, 1.165) is 12.1 Å². The number of benzene rings is 2. The van der Waals surface area contributed by atoms with Crippen LogP contribution in [0, 0.1) is 0 Å². The molecule has 0 spiro atoms. The first-order valence-electron chi connectivity index (χ1n) is 8.30. The molecule has 1 heterocycles. The van der Waals surface area contributed by atoms with Crippen molar-refractivity contribution in [2.75, 3.05) is 0 Å². The molecule has 0 unspecified atom stereocenters. The van der Waals surface area contributed by atoms with Gasteiger partial charge in [-0.05, 0) is 11.6 Å². The molecule has 0 saturated heterocycles. The third kappa shape index (κ3) is 4.11. The minimum absolute atomic E-state index is 0.345. The van der Waals surface area contributed by atoms with Crippen molar-refractivity contribution in [3.63, 3.8) is 0 Å². The largest absolute Gasteiger partial charge is 0.460 e. The number of carbonyl (C=O) groups is 1. The first-order chi connectivity index (χ1) is 13.4. The lowest BCUT2D eigenvalue weighted by Gasteiger charge is -2.16. The fourth-order valence-corrected chi connectivity index (χ4v) is 3.61. The third-order valence-electron chi connectivity index (χ3n) is 3.72. The number of alkyl halides is 3. The van der Waals surface area contributed by atoms with Gasteiger partial charge in [0.05, 0.1) is 6.93 Å². The minimum Gasteiger partial charge on any atom is -0.460 e. The van der Waals surface area contributed by atoms with Crippen LogP contribution in [0.15, 0.2) is 66.2 Å². The van der Waals surface area contributed by atoms with Crippen LogP contribution in [0.1, 0.15) is 24.1 Å². The third-order valence-corrected chi connectivity index (χ3v) is 4.83. The Kier molecular flexibility index (Phi) is 4.71. The summed E-state index contributed by atoms with van der Waals surface area (Å²) in [5.74, 6) is -4.00. The van der Waals surface area contributed by atoms with Crippen molar-refractivity contribution in [3.05, 3.63) is 82.9 Å². The summed E-state index contributed by atoms with van der Waals surface area (Å²) >= 11 is 0. The Labute approximate surface area is 159 Å². The Balaban J connectivity index is 1.92. The number of carbonyl (C=O) groups excluding carboxylic acids is 1. The van der Waals surface area contributed by atoms with Crippen LogP contribution in [0.2, 0.25) is 0 Å². The highest BCUT2D eigenvalue weighted by Crippen LogP contribution is 2.40. The molecule has 0 saturated carbocycles. The average molecular weight is 414 g/mol. The summed E-state index contributed by atoms with van der Waals surface area (Å²) in [6, 6.07) is 11.6. The van der Waals surface area contributed by atoms with Gasteiger partial charge in [-0.3, -0.25) is 4.79 Å². The van der Waals surface area contributed by atoms with Crippen molar-refractivity contribution in [2.24, 2.45) is 5.73 Å². The molecule has 0 aliphatic carbocycles. The van der Waals surface area contributed by atoms with Gasteiger partial charge in [-0.1, -0.05) is 48.5 Å². The van der Waals surface area contributed by atoms with Crippen molar-refractivity contribution in [1.29, 1.82) is 0 Å². The summed E-state index contributed by atoms with van der Waals surface area (Å²) in [6.45, 7) is 0. The first kappa shape index (κ1) is 18.4. The van der Waals surface area contributed by atoms with Crippen molar-refractivity contribution >= 4 is 15.9 Å². The van der Waals surface area contributed by atoms with Crippen molar-refractivity contribution in [2.45, 2.75) is 18.0 Å². The fourth-order valence-electron chi connectivity index (χ4n) is 2.54. The normalized spacial score (nSPS) is 20.7. The van der Waals surface area contributed by atoms with Crippen molar-refractivity contribution in [1.82, 2.24) is 0 Å². The van der Waals surface area contributed by atoms with Gasteiger partial charge in [-0.2, -0.15) is 21.6 Å². The molecule has 0 radical (unpaired) electrons. The summed E-state index contributed by atoms with van der Waals surface area (Å²) in [5, 5.41) is 0. The van der Waals surface area contributed by atoms with Crippen LogP contribution in [-0.2, 0) is 35.8 Å². The van der Waals surface area contributed by atoms with E-state index < -0.39 is 56.7 Å². The highest BCUT2D eigenvalue weighted by atomic mass is 32.2. The average Bonchev–Trinajstić information content (AvgIpc) is 2.85. The van der Waals surface area contributed by atoms with E-state index in [1.807, 2.05) is 0 Å². The number of ether oxygens (including phenoxy) is 1. The van der Waals surface area contributed by atoms with Gasteiger partial charge >= 0.3 is 16.3 Å². The van der Waals surface area contributed by atoms with E-state index in [4.69, 9.17) is 16.0 Å². The molecular weight excluding hydrogens is 399 g/mol. The Morgan fingerprint density at radius 1 is 1.11 bits per heavy atom. The molecule has 0 bridgehead atoms. The number of hydrogen-bond donors (Lipinski definition) is 1. The number of rotatable bonds is 5. The van der Waals surface area contributed by atoms with Crippen molar-refractivity contribution < 1.29 is 36.7 Å². The van der Waals surface area contributed by atoms with Crippen LogP contribution >= 0.6 is 0 Å². The molecular formula is C18H14F3NO5S. The lowest BCUT2D eigenvalue weighted by atomic mass is 9.99. The van der Waals surface area contributed by atoms with Gasteiger partial charge in [-0.15, -0.1) is 0 Å². The second kappa shape index (κ2) is 7.19. The van der Waals surface area contributed by atoms with Gasteiger partial charge in [0.2, 0.25) is 17.4 Å². The second-order valence-electron chi connectivity index (χ2n) is 5.77. The molecule has 0 amide bonds. The zero-order valence-corrected chi connectivity index (χ0v) is 14.9. The van der Waals surface area contributed by atoms with E-state index >= 15 is 0 Å². The standard InChI is InChI=1S/C18H14F3NO5S/c19-18(20,21)13-9-5-4-8-12(13)15-14(23)16(17(22)26-15)27-28(24,25)10-11-6-2-1-3-7-11/h1-9,15H,10,22H2/t15-/m1/s1/i15D. The summed E-state index contributed by atoms with van der Waals surface area (Å²) in [6.07, 6.45) is -7.82. The van der Waals surface area contributed by atoms with Gasteiger partial charge in [0.25, 0.3) is 0 Å². The molecule has 1 aliphatic rings. The number of ketones is 1. The predicted octanol–water partition coefficient (Wildman–Crippen LogP) is 3.02. The number of halogens is 3. The lowest BCUT2D eigenvalue weighted by molar-refractivity contribution is -0.139. The van der Waals surface area contributed by atoms with Gasteiger partial charge in [0.15, 0.2) is 6.08 Å². The minimum atomic E-state index is -4.88. The maximum Gasteiger partial charge on any atom is 0.416 e. The molecule has 2 aromatic carbocycles. The van der Waals surface area contributed by atoms with Crippen molar-refractivity contribution in [3.8, 4) is 0 Å². The molecule has 148 valence electrons.